The van der Waals surface area contributed by atoms with Gasteiger partial charge in [0.15, 0.2) is 5.65 Å². The molecular formula is C12H18N4. The lowest BCUT2D eigenvalue weighted by atomic mass is 9.99. The minimum absolute atomic E-state index is 0.403. The summed E-state index contributed by atoms with van der Waals surface area (Å²) in [5, 5.41) is 7.56. The number of nitrogens with one attached hydrogen (secondary N) is 1. The van der Waals surface area contributed by atoms with Gasteiger partial charge in [0.25, 0.3) is 0 Å². The molecule has 0 spiro atoms. The van der Waals surface area contributed by atoms with E-state index in [9.17, 15) is 0 Å². The Kier molecular flexibility index (Phi) is 3.19. The number of likely N-dealkylation sites (N-methyl/N-ethyl adjacent to an activating group) is 1. The van der Waals surface area contributed by atoms with E-state index in [0.29, 0.717) is 12.0 Å². The highest BCUT2D eigenvalue weighted by molar-refractivity contribution is 5.37. The molecular weight excluding hydrogens is 200 g/mol. The minimum Gasteiger partial charge on any atom is -0.314 e. The molecule has 2 heterocycles. The summed E-state index contributed by atoms with van der Waals surface area (Å²) in [6.07, 6.45) is 3.73. The first-order valence-corrected chi connectivity index (χ1v) is 5.76. The van der Waals surface area contributed by atoms with Gasteiger partial charge in [-0.05, 0) is 19.5 Å². The summed E-state index contributed by atoms with van der Waals surface area (Å²) in [7, 11) is 0. The van der Waals surface area contributed by atoms with Crippen LogP contribution in [0.15, 0.2) is 24.5 Å². The molecule has 0 aliphatic rings. The molecule has 0 bridgehead atoms. The zero-order valence-corrected chi connectivity index (χ0v) is 10.0. The number of hydrogen-bond donors (Lipinski definition) is 1. The third-order valence-corrected chi connectivity index (χ3v) is 3.02. The van der Waals surface area contributed by atoms with Crippen molar-refractivity contribution in [3.63, 3.8) is 0 Å². The maximum Gasteiger partial charge on any atom is 0.155 e. The number of aromatic nitrogens is 3. The first-order chi connectivity index (χ1) is 7.72. The molecule has 2 aromatic rings. The second-order valence-electron chi connectivity index (χ2n) is 4.12. The molecule has 0 amide bonds. The Morgan fingerprint density at radius 2 is 2.19 bits per heavy atom. The van der Waals surface area contributed by atoms with Crippen LogP contribution in [0.4, 0.5) is 0 Å². The average Bonchev–Trinajstić information content (AvgIpc) is 2.75. The van der Waals surface area contributed by atoms with Crippen molar-refractivity contribution in [2.24, 2.45) is 0 Å². The van der Waals surface area contributed by atoms with Gasteiger partial charge >= 0.3 is 0 Å². The van der Waals surface area contributed by atoms with Gasteiger partial charge in [-0.25, -0.2) is 9.50 Å². The van der Waals surface area contributed by atoms with Crippen molar-refractivity contribution in [1.82, 2.24) is 19.9 Å². The van der Waals surface area contributed by atoms with E-state index in [1.54, 1.807) is 10.7 Å². The molecule has 86 valence electrons. The van der Waals surface area contributed by atoms with E-state index in [1.165, 1.54) is 0 Å². The lowest BCUT2D eigenvalue weighted by Gasteiger charge is -2.20. The van der Waals surface area contributed by atoms with Crippen LogP contribution < -0.4 is 5.32 Å². The Bertz CT molecular complexity index is 463. The van der Waals surface area contributed by atoms with Gasteiger partial charge in [-0.3, -0.25) is 0 Å². The van der Waals surface area contributed by atoms with E-state index in [1.807, 2.05) is 18.3 Å². The Morgan fingerprint density at radius 3 is 2.94 bits per heavy atom. The highest BCUT2D eigenvalue weighted by Crippen LogP contribution is 2.17. The van der Waals surface area contributed by atoms with E-state index >= 15 is 0 Å². The topological polar surface area (TPSA) is 42.2 Å². The molecule has 2 aromatic heterocycles. The summed E-state index contributed by atoms with van der Waals surface area (Å²) < 4.78 is 1.79. The zero-order valence-electron chi connectivity index (χ0n) is 10.0. The number of nitrogens with zero attached hydrogens (tertiary/aromatic N) is 3. The molecule has 0 aliphatic heterocycles. The molecule has 4 nitrogen and oxygen atoms in total. The maximum absolute atomic E-state index is 4.60. The monoisotopic (exact) mass is 218 g/mol. The zero-order chi connectivity index (χ0) is 11.5. The Hall–Kier alpha value is -1.42. The van der Waals surface area contributed by atoms with Gasteiger partial charge in [0.2, 0.25) is 0 Å². The van der Waals surface area contributed by atoms with Crippen LogP contribution in [0.5, 0.6) is 0 Å². The highest BCUT2D eigenvalue weighted by atomic mass is 15.2. The summed E-state index contributed by atoms with van der Waals surface area (Å²) in [4.78, 5) is 4.60. The molecule has 16 heavy (non-hydrogen) atoms. The fourth-order valence-corrected chi connectivity index (χ4v) is 1.84. The molecule has 2 atom stereocenters. The van der Waals surface area contributed by atoms with Crippen molar-refractivity contribution in [1.29, 1.82) is 0 Å². The SMILES string of the molecule is CCNC(C)C(C)c1ccn2nccc2n1. The Morgan fingerprint density at radius 1 is 1.38 bits per heavy atom. The summed E-state index contributed by atoms with van der Waals surface area (Å²) in [5.41, 5.74) is 2.02. The van der Waals surface area contributed by atoms with Crippen LogP contribution in [0.2, 0.25) is 0 Å². The molecule has 2 unspecified atom stereocenters. The van der Waals surface area contributed by atoms with Crippen molar-refractivity contribution in [3.8, 4) is 0 Å². The van der Waals surface area contributed by atoms with Gasteiger partial charge in [0.05, 0.1) is 6.20 Å². The summed E-state index contributed by atoms with van der Waals surface area (Å²) in [6.45, 7) is 7.50. The molecule has 0 aromatic carbocycles. The van der Waals surface area contributed by atoms with Gasteiger partial charge in [0.1, 0.15) is 0 Å². The van der Waals surface area contributed by atoms with Crippen molar-refractivity contribution < 1.29 is 0 Å². The fraction of sp³-hybridized carbons (Fsp3) is 0.500. The Balaban J connectivity index is 2.24. The quantitative estimate of drug-likeness (QED) is 0.851. The van der Waals surface area contributed by atoms with Gasteiger partial charge in [0, 0.05) is 29.9 Å². The van der Waals surface area contributed by atoms with Crippen molar-refractivity contribution in [3.05, 3.63) is 30.2 Å². The first kappa shape index (κ1) is 11.1. The average molecular weight is 218 g/mol. The molecule has 4 heteroatoms. The first-order valence-electron chi connectivity index (χ1n) is 5.76. The molecule has 0 aliphatic carbocycles. The molecule has 0 radical (unpaired) electrons. The number of rotatable bonds is 4. The summed E-state index contributed by atoms with van der Waals surface area (Å²) >= 11 is 0. The van der Waals surface area contributed by atoms with Gasteiger partial charge < -0.3 is 5.32 Å². The van der Waals surface area contributed by atoms with Crippen LogP contribution in [0.1, 0.15) is 32.4 Å². The third-order valence-electron chi connectivity index (χ3n) is 3.02. The van der Waals surface area contributed by atoms with Crippen LogP contribution in [-0.2, 0) is 0 Å². The maximum atomic E-state index is 4.60. The molecule has 0 saturated heterocycles. The van der Waals surface area contributed by atoms with Crippen LogP contribution in [-0.4, -0.2) is 27.2 Å². The highest BCUT2D eigenvalue weighted by Gasteiger charge is 2.14. The van der Waals surface area contributed by atoms with Gasteiger partial charge in [-0.2, -0.15) is 5.10 Å². The van der Waals surface area contributed by atoms with E-state index in [2.05, 4.69) is 36.2 Å². The largest absolute Gasteiger partial charge is 0.314 e. The van der Waals surface area contributed by atoms with Crippen LogP contribution in [0, 0.1) is 0 Å². The van der Waals surface area contributed by atoms with Crippen molar-refractivity contribution in [2.45, 2.75) is 32.7 Å². The van der Waals surface area contributed by atoms with Crippen molar-refractivity contribution in [2.75, 3.05) is 6.54 Å². The molecule has 1 N–H and O–H groups in total. The standard InChI is InChI=1S/C12H18N4/c1-4-13-10(3)9(2)11-6-8-16-12(15-11)5-7-14-16/h5-10,13H,4H2,1-3H3. The van der Waals surface area contributed by atoms with Gasteiger partial charge in [-0.15, -0.1) is 0 Å². The minimum atomic E-state index is 0.403. The Labute approximate surface area is 95.7 Å². The normalized spacial score (nSPS) is 15.2. The lowest BCUT2D eigenvalue weighted by Crippen LogP contribution is -2.31. The number of hydrogen-bond acceptors (Lipinski definition) is 3. The second kappa shape index (κ2) is 4.61. The lowest BCUT2D eigenvalue weighted by molar-refractivity contribution is 0.487. The smallest absolute Gasteiger partial charge is 0.155 e. The van der Waals surface area contributed by atoms with E-state index in [-0.39, 0.29) is 0 Å². The fourth-order valence-electron chi connectivity index (χ4n) is 1.84. The van der Waals surface area contributed by atoms with E-state index in [4.69, 9.17) is 0 Å². The third kappa shape index (κ3) is 2.07. The van der Waals surface area contributed by atoms with Crippen LogP contribution >= 0.6 is 0 Å². The second-order valence-corrected chi connectivity index (χ2v) is 4.12. The van der Waals surface area contributed by atoms with Crippen LogP contribution in [0.3, 0.4) is 0 Å². The summed E-state index contributed by atoms with van der Waals surface area (Å²) in [5.74, 6) is 0.403. The molecule has 2 rings (SSSR count). The van der Waals surface area contributed by atoms with Crippen molar-refractivity contribution >= 4 is 5.65 Å². The van der Waals surface area contributed by atoms with E-state index < -0.39 is 0 Å². The van der Waals surface area contributed by atoms with Gasteiger partial charge in [-0.1, -0.05) is 13.8 Å². The van der Waals surface area contributed by atoms with E-state index in [0.717, 1.165) is 17.9 Å². The molecule has 0 saturated carbocycles. The summed E-state index contributed by atoms with van der Waals surface area (Å²) in [6, 6.07) is 4.40. The van der Waals surface area contributed by atoms with Crippen LogP contribution in [0.25, 0.3) is 5.65 Å². The predicted octanol–water partition coefficient (Wildman–Crippen LogP) is 1.83. The predicted molar refractivity (Wildman–Crippen MR) is 64.5 cm³/mol. The molecule has 0 fully saturated rings. The number of fused-ring (bicyclic) bond motifs is 1.